The maximum Gasteiger partial charge on any atom is 0.175 e. The molecule has 1 aromatic carbocycles. The Balaban J connectivity index is 1.65. The van der Waals surface area contributed by atoms with E-state index < -0.39 is 0 Å². The van der Waals surface area contributed by atoms with Gasteiger partial charge in [0.15, 0.2) is 11.5 Å². The molecule has 4 nitrogen and oxygen atoms in total. The Morgan fingerprint density at radius 1 is 1.20 bits per heavy atom. The zero-order valence-corrected chi connectivity index (χ0v) is 16.2. The minimum atomic E-state index is 0.461. The molecule has 1 aromatic heterocycles. The molecule has 2 aromatic rings. The Labute approximate surface area is 158 Å². The van der Waals surface area contributed by atoms with E-state index in [0.717, 1.165) is 28.1 Å². The van der Waals surface area contributed by atoms with Gasteiger partial charge in [0.05, 0.1) is 11.6 Å². The average Bonchev–Trinajstić information content (AvgIpc) is 2.66. The fourth-order valence-corrected chi connectivity index (χ4v) is 3.83. The van der Waals surface area contributed by atoms with E-state index in [9.17, 15) is 0 Å². The highest BCUT2D eigenvalue weighted by molar-refractivity contribution is 9.10. The van der Waals surface area contributed by atoms with E-state index in [4.69, 9.17) is 9.47 Å². The van der Waals surface area contributed by atoms with Gasteiger partial charge in [-0.15, -0.1) is 0 Å². The maximum atomic E-state index is 5.96. The lowest BCUT2D eigenvalue weighted by Crippen LogP contribution is -2.30. The second-order valence-electron chi connectivity index (χ2n) is 6.47. The van der Waals surface area contributed by atoms with Crippen molar-refractivity contribution in [3.05, 3.63) is 52.3 Å². The number of methoxy groups -OCH3 is 1. The molecule has 134 valence electrons. The number of aromatic nitrogens is 1. The molecule has 0 amide bonds. The molecular formula is C20H25BrN2O2. The van der Waals surface area contributed by atoms with E-state index in [1.54, 1.807) is 13.3 Å². The number of nitrogens with one attached hydrogen (secondary N) is 1. The van der Waals surface area contributed by atoms with Crippen molar-refractivity contribution in [3.8, 4) is 11.5 Å². The summed E-state index contributed by atoms with van der Waals surface area (Å²) in [4.78, 5) is 4.11. The molecule has 1 fully saturated rings. The Morgan fingerprint density at radius 2 is 2.04 bits per heavy atom. The maximum absolute atomic E-state index is 5.96. The Bertz CT molecular complexity index is 673. The highest BCUT2D eigenvalue weighted by Crippen LogP contribution is 2.37. The molecule has 1 N–H and O–H groups in total. The molecule has 0 atom stereocenters. The van der Waals surface area contributed by atoms with Crippen LogP contribution in [0.1, 0.15) is 43.2 Å². The number of nitrogens with zero attached hydrogens (tertiary/aromatic N) is 1. The fourth-order valence-electron chi connectivity index (χ4n) is 3.22. The standard InChI is InChI=1S/C20H25BrN2O2/c1-24-19-11-16(13-23-17-7-3-2-4-8-17)10-18(21)20(19)25-14-15-6-5-9-22-12-15/h5-6,9-12,17,23H,2-4,7-8,13-14H2,1H3. The predicted molar refractivity (Wildman–Crippen MR) is 103 cm³/mol. The number of pyridine rings is 1. The summed E-state index contributed by atoms with van der Waals surface area (Å²) in [7, 11) is 1.68. The lowest BCUT2D eigenvalue weighted by atomic mass is 9.95. The monoisotopic (exact) mass is 404 g/mol. The summed E-state index contributed by atoms with van der Waals surface area (Å²) in [6.07, 6.45) is 10.2. The van der Waals surface area contributed by atoms with Crippen molar-refractivity contribution in [2.45, 2.75) is 51.3 Å². The van der Waals surface area contributed by atoms with Crippen LogP contribution in [0.3, 0.4) is 0 Å². The highest BCUT2D eigenvalue weighted by Gasteiger charge is 2.15. The molecule has 0 saturated heterocycles. The minimum Gasteiger partial charge on any atom is -0.493 e. The van der Waals surface area contributed by atoms with Crippen LogP contribution in [0.25, 0.3) is 0 Å². The fraction of sp³-hybridized carbons (Fsp3) is 0.450. The number of ether oxygens (including phenoxy) is 2. The summed E-state index contributed by atoms with van der Waals surface area (Å²) in [5.41, 5.74) is 2.22. The average molecular weight is 405 g/mol. The number of hydrogen-bond donors (Lipinski definition) is 1. The first-order valence-corrected chi connectivity index (χ1v) is 9.67. The summed E-state index contributed by atoms with van der Waals surface area (Å²) >= 11 is 3.63. The van der Waals surface area contributed by atoms with Gasteiger partial charge in [-0.25, -0.2) is 0 Å². The topological polar surface area (TPSA) is 43.4 Å². The van der Waals surface area contributed by atoms with Crippen LogP contribution in [-0.2, 0) is 13.2 Å². The van der Waals surface area contributed by atoms with Crippen molar-refractivity contribution >= 4 is 15.9 Å². The van der Waals surface area contributed by atoms with E-state index in [0.29, 0.717) is 12.6 Å². The van der Waals surface area contributed by atoms with Crippen LogP contribution in [0, 0.1) is 0 Å². The summed E-state index contributed by atoms with van der Waals surface area (Å²) in [5, 5.41) is 3.67. The van der Waals surface area contributed by atoms with Crippen LogP contribution < -0.4 is 14.8 Å². The molecule has 0 bridgehead atoms. The molecule has 0 radical (unpaired) electrons. The first kappa shape index (κ1) is 18.2. The molecule has 3 rings (SSSR count). The van der Waals surface area contributed by atoms with Crippen LogP contribution in [-0.4, -0.2) is 18.1 Å². The predicted octanol–water partition coefficient (Wildman–Crippen LogP) is 4.85. The number of halogens is 1. The molecule has 1 aliphatic carbocycles. The third-order valence-electron chi connectivity index (χ3n) is 4.60. The molecule has 5 heteroatoms. The van der Waals surface area contributed by atoms with Gasteiger partial charge >= 0.3 is 0 Å². The van der Waals surface area contributed by atoms with Crippen LogP contribution in [0.2, 0.25) is 0 Å². The van der Waals surface area contributed by atoms with Crippen molar-refractivity contribution in [1.82, 2.24) is 10.3 Å². The molecular weight excluding hydrogens is 380 g/mol. The first-order valence-electron chi connectivity index (χ1n) is 8.88. The summed E-state index contributed by atoms with van der Waals surface area (Å²) < 4.78 is 12.4. The number of benzene rings is 1. The third kappa shape index (κ3) is 5.19. The Morgan fingerprint density at radius 3 is 2.76 bits per heavy atom. The zero-order valence-electron chi connectivity index (χ0n) is 14.6. The molecule has 0 aliphatic heterocycles. The quantitative estimate of drug-likeness (QED) is 0.715. The van der Waals surface area contributed by atoms with Crippen LogP contribution in [0.15, 0.2) is 41.1 Å². The Kier molecular flexibility index (Phi) is 6.70. The van der Waals surface area contributed by atoms with Crippen LogP contribution >= 0.6 is 15.9 Å². The van der Waals surface area contributed by atoms with E-state index >= 15 is 0 Å². The van der Waals surface area contributed by atoms with Crippen molar-refractivity contribution in [3.63, 3.8) is 0 Å². The van der Waals surface area contributed by atoms with E-state index in [1.165, 1.54) is 37.7 Å². The molecule has 1 heterocycles. The lowest BCUT2D eigenvalue weighted by Gasteiger charge is -2.23. The minimum absolute atomic E-state index is 0.461. The lowest BCUT2D eigenvalue weighted by molar-refractivity contribution is 0.282. The van der Waals surface area contributed by atoms with E-state index in [1.807, 2.05) is 18.3 Å². The van der Waals surface area contributed by atoms with Crippen molar-refractivity contribution in [2.75, 3.05) is 7.11 Å². The van der Waals surface area contributed by atoms with Gasteiger partial charge in [-0.3, -0.25) is 4.98 Å². The van der Waals surface area contributed by atoms with Gasteiger partial charge in [-0.1, -0.05) is 25.3 Å². The zero-order chi connectivity index (χ0) is 17.5. The van der Waals surface area contributed by atoms with Gasteiger partial charge in [0.2, 0.25) is 0 Å². The summed E-state index contributed by atoms with van der Waals surface area (Å²) in [6.45, 7) is 1.31. The first-order chi connectivity index (χ1) is 12.3. The number of rotatable bonds is 7. The van der Waals surface area contributed by atoms with Gasteiger partial charge in [0, 0.05) is 30.5 Å². The van der Waals surface area contributed by atoms with E-state index in [2.05, 4.69) is 38.4 Å². The highest BCUT2D eigenvalue weighted by atomic mass is 79.9. The van der Waals surface area contributed by atoms with Crippen molar-refractivity contribution < 1.29 is 9.47 Å². The largest absolute Gasteiger partial charge is 0.493 e. The third-order valence-corrected chi connectivity index (χ3v) is 5.18. The summed E-state index contributed by atoms with van der Waals surface area (Å²) in [5.74, 6) is 1.48. The second-order valence-corrected chi connectivity index (χ2v) is 7.33. The van der Waals surface area contributed by atoms with Crippen molar-refractivity contribution in [1.29, 1.82) is 0 Å². The summed E-state index contributed by atoms with van der Waals surface area (Å²) in [6, 6.07) is 8.71. The SMILES string of the molecule is COc1cc(CNC2CCCCC2)cc(Br)c1OCc1cccnc1. The van der Waals surface area contributed by atoms with Gasteiger partial charge in [-0.2, -0.15) is 0 Å². The van der Waals surface area contributed by atoms with Gasteiger partial charge in [-0.05, 0) is 52.5 Å². The normalized spacial score (nSPS) is 15.1. The van der Waals surface area contributed by atoms with Crippen LogP contribution in [0.4, 0.5) is 0 Å². The smallest absolute Gasteiger partial charge is 0.175 e. The molecule has 1 aliphatic rings. The van der Waals surface area contributed by atoms with Crippen molar-refractivity contribution in [2.24, 2.45) is 0 Å². The van der Waals surface area contributed by atoms with Gasteiger partial charge < -0.3 is 14.8 Å². The van der Waals surface area contributed by atoms with Crippen LogP contribution in [0.5, 0.6) is 11.5 Å². The molecule has 0 unspecified atom stereocenters. The second kappa shape index (κ2) is 9.20. The molecule has 1 saturated carbocycles. The molecule has 0 spiro atoms. The Hall–Kier alpha value is -1.59. The number of hydrogen-bond acceptors (Lipinski definition) is 4. The van der Waals surface area contributed by atoms with Gasteiger partial charge in [0.1, 0.15) is 6.61 Å². The van der Waals surface area contributed by atoms with Gasteiger partial charge in [0.25, 0.3) is 0 Å². The molecule has 25 heavy (non-hydrogen) atoms. The van der Waals surface area contributed by atoms with E-state index in [-0.39, 0.29) is 0 Å².